The standard InChI is InChI=1S/C20H19N5O3/c1-12(15-5-8-17-18(9-15)22-11-21-17)23-20(26)14-3-6-16(7-4-14)27-10-19-24-13(2)28-25-19/h3-9,11-12H,10H2,1-2H3,(H,21,22)(H,23,26). The number of aromatic nitrogens is 4. The minimum Gasteiger partial charge on any atom is -0.485 e. The van der Waals surface area contributed by atoms with E-state index >= 15 is 0 Å². The van der Waals surface area contributed by atoms with E-state index in [1.165, 1.54) is 0 Å². The first-order chi connectivity index (χ1) is 13.6. The molecule has 0 saturated carbocycles. The number of imidazole rings is 1. The lowest BCUT2D eigenvalue weighted by molar-refractivity contribution is 0.0940. The third-order valence-electron chi connectivity index (χ3n) is 4.35. The summed E-state index contributed by atoms with van der Waals surface area (Å²) in [5, 5.41) is 6.78. The van der Waals surface area contributed by atoms with E-state index in [1.807, 2.05) is 25.1 Å². The van der Waals surface area contributed by atoms with E-state index in [9.17, 15) is 4.79 Å². The fourth-order valence-corrected chi connectivity index (χ4v) is 2.84. The van der Waals surface area contributed by atoms with Gasteiger partial charge in [-0.3, -0.25) is 4.79 Å². The predicted molar refractivity (Wildman–Crippen MR) is 102 cm³/mol. The number of rotatable bonds is 6. The molecule has 0 saturated heterocycles. The summed E-state index contributed by atoms with van der Waals surface area (Å²) >= 11 is 0. The van der Waals surface area contributed by atoms with Crippen molar-refractivity contribution >= 4 is 16.9 Å². The summed E-state index contributed by atoms with van der Waals surface area (Å²) in [4.78, 5) is 23.9. The zero-order chi connectivity index (χ0) is 19.5. The molecule has 2 aromatic carbocycles. The number of carbonyl (C=O) groups excluding carboxylic acids is 1. The molecule has 0 bridgehead atoms. The van der Waals surface area contributed by atoms with Gasteiger partial charge in [0, 0.05) is 12.5 Å². The van der Waals surface area contributed by atoms with E-state index in [2.05, 4.69) is 25.4 Å². The first-order valence-electron chi connectivity index (χ1n) is 8.84. The molecule has 0 fully saturated rings. The molecule has 4 rings (SSSR count). The average molecular weight is 377 g/mol. The van der Waals surface area contributed by atoms with Gasteiger partial charge in [-0.1, -0.05) is 11.2 Å². The largest absolute Gasteiger partial charge is 0.485 e. The lowest BCUT2D eigenvalue weighted by atomic mass is 10.1. The Morgan fingerprint density at radius 1 is 1.25 bits per heavy atom. The molecule has 0 aliphatic carbocycles. The summed E-state index contributed by atoms with van der Waals surface area (Å²) < 4.78 is 10.5. The summed E-state index contributed by atoms with van der Waals surface area (Å²) in [7, 11) is 0. The zero-order valence-corrected chi connectivity index (χ0v) is 15.5. The van der Waals surface area contributed by atoms with Gasteiger partial charge in [-0.15, -0.1) is 0 Å². The van der Waals surface area contributed by atoms with Crippen molar-refractivity contribution in [3.63, 3.8) is 0 Å². The zero-order valence-electron chi connectivity index (χ0n) is 15.5. The Balaban J connectivity index is 1.37. The molecule has 2 aromatic heterocycles. The highest BCUT2D eigenvalue weighted by atomic mass is 16.5. The monoisotopic (exact) mass is 377 g/mol. The van der Waals surface area contributed by atoms with Crippen LogP contribution in [-0.2, 0) is 6.61 Å². The highest BCUT2D eigenvalue weighted by Crippen LogP contribution is 2.19. The molecule has 2 heterocycles. The van der Waals surface area contributed by atoms with Gasteiger partial charge >= 0.3 is 0 Å². The van der Waals surface area contributed by atoms with Crippen molar-refractivity contribution in [3.05, 3.63) is 71.6 Å². The molecule has 0 radical (unpaired) electrons. The van der Waals surface area contributed by atoms with Gasteiger partial charge in [0.2, 0.25) is 11.7 Å². The van der Waals surface area contributed by atoms with E-state index in [-0.39, 0.29) is 18.6 Å². The second-order valence-corrected chi connectivity index (χ2v) is 6.42. The number of H-pyrrole nitrogens is 1. The van der Waals surface area contributed by atoms with Crippen molar-refractivity contribution in [2.24, 2.45) is 0 Å². The number of fused-ring (bicyclic) bond motifs is 1. The molecule has 0 aliphatic heterocycles. The van der Waals surface area contributed by atoms with Crippen molar-refractivity contribution in [2.75, 3.05) is 0 Å². The molecule has 4 aromatic rings. The highest BCUT2D eigenvalue weighted by Gasteiger charge is 2.13. The number of aromatic amines is 1. The van der Waals surface area contributed by atoms with E-state index in [4.69, 9.17) is 9.26 Å². The third kappa shape index (κ3) is 3.85. The van der Waals surface area contributed by atoms with Crippen LogP contribution in [0, 0.1) is 6.92 Å². The van der Waals surface area contributed by atoms with Crippen LogP contribution in [0.2, 0.25) is 0 Å². The number of nitrogens with one attached hydrogen (secondary N) is 2. The number of nitrogens with zero attached hydrogens (tertiary/aromatic N) is 3. The highest BCUT2D eigenvalue weighted by molar-refractivity contribution is 5.94. The van der Waals surface area contributed by atoms with E-state index < -0.39 is 0 Å². The number of amides is 1. The van der Waals surface area contributed by atoms with Gasteiger partial charge < -0.3 is 19.6 Å². The molecule has 142 valence electrons. The molecule has 1 unspecified atom stereocenters. The quantitative estimate of drug-likeness (QED) is 0.534. The minimum absolute atomic E-state index is 0.141. The van der Waals surface area contributed by atoms with Crippen LogP contribution in [0.3, 0.4) is 0 Å². The van der Waals surface area contributed by atoms with Crippen molar-refractivity contribution in [3.8, 4) is 5.75 Å². The van der Waals surface area contributed by atoms with Crippen molar-refractivity contribution in [1.82, 2.24) is 25.4 Å². The molecule has 8 nitrogen and oxygen atoms in total. The second kappa shape index (κ2) is 7.51. The van der Waals surface area contributed by atoms with Gasteiger partial charge in [0.25, 0.3) is 5.91 Å². The van der Waals surface area contributed by atoms with Gasteiger partial charge in [0.15, 0.2) is 6.61 Å². The van der Waals surface area contributed by atoms with Crippen molar-refractivity contribution in [1.29, 1.82) is 0 Å². The van der Waals surface area contributed by atoms with E-state index in [1.54, 1.807) is 37.5 Å². The molecule has 1 atom stereocenters. The summed E-state index contributed by atoms with van der Waals surface area (Å²) in [5.74, 6) is 1.43. The van der Waals surface area contributed by atoms with Crippen LogP contribution in [0.4, 0.5) is 0 Å². The average Bonchev–Trinajstić information content (AvgIpc) is 3.34. The van der Waals surface area contributed by atoms with Crippen LogP contribution in [0.15, 0.2) is 53.3 Å². The Labute approximate surface area is 160 Å². The van der Waals surface area contributed by atoms with Gasteiger partial charge in [-0.2, -0.15) is 4.98 Å². The maximum Gasteiger partial charge on any atom is 0.251 e. The maximum atomic E-state index is 12.5. The molecule has 2 N–H and O–H groups in total. The number of hydrogen-bond donors (Lipinski definition) is 2. The van der Waals surface area contributed by atoms with E-state index in [0.717, 1.165) is 16.6 Å². The van der Waals surface area contributed by atoms with Crippen molar-refractivity contribution < 1.29 is 14.1 Å². The lowest BCUT2D eigenvalue weighted by Gasteiger charge is -2.14. The minimum atomic E-state index is -0.155. The topological polar surface area (TPSA) is 106 Å². The van der Waals surface area contributed by atoms with Gasteiger partial charge in [0.1, 0.15) is 5.75 Å². The molecular weight excluding hydrogens is 358 g/mol. The number of hydrogen-bond acceptors (Lipinski definition) is 6. The van der Waals surface area contributed by atoms with Crippen molar-refractivity contribution in [2.45, 2.75) is 26.5 Å². The van der Waals surface area contributed by atoms with Crippen LogP contribution in [0.1, 0.15) is 40.6 Å². The third-order valence-corrected chi connectivity index (χ3v) is 4.35. The predicted octanol–water partition coefficient (Wildman–Crippen LogP) is 3.32. The number of benzene rings is 2. The van der Waals surface area contributed by atoms with Gasteiger partial charge in [-0.25, -0.2) is 4.98 Å². The van der Waals surface area contributed by atoms with Crippen LogP contribution in [0.5, 0.6) is 5.75 Å². The smallest absolute Gasteiger partial charge is 0.251 e. The van der Waals surface area contributed by atoms with Gasteiger partial charge in [-0.05, 0) is 48.9 Å². The Morgan fingerprint density at radius 2 is 2.07 bits per heavy atom. The van der Waals surface area contributed by atoms with Gasteiger partial charge in [0.05, 0.1) is 23.4 Å². The van der Waals surface area contributed by atoms with Crippen LogP contribution in [0.25, 0.3) is 11.0 Å². The SMILES string of the molecule is Cc1nc(COc2ccc(C(=O)NC(C)c3ccc4nc[nH]c4c3)cc2)no1. The van der Waals surface area contributed by atoms with Crippen LogP contribution < -0.4 is 10.1 Å². The van der Waals surface area contributed by atoms with E-state index in [0.29, 0.717) is 23.0 Å². The first-order valence-corrected chi connectivity index (χ1v) is 8.84. The molecule has 1 amide bonds. The normalized spacial score (nSPS) is 12.1. The Morgan fingerprint density at radius 3 is 2.82 bits per heavy atom. The Bertz CT molecular complexity index is 1100. The summed E-state index contributed by atoms with van der Waals surface area (Å²) in [5.41, 5.74) is 3.39. The maximum absolute atomic E-state index is 12.5. The molecule has 28 heavy (non-hydrogen) atoms. The second-order valence-electron chi connectivity index (χ2n) is 6.42. The number of carbonyl (C=O) groups is 1. The summed E-state index contributed by atoms with van der Waals surface area (Å²) in [6, 6.07) is 12.7. The molecule has 0 spiro atoms. The number of aryl methyl sites for hydroxylation is 1. The fraction of sp³-hybridized carbons (Fsp3) is 0.200. The van der Waals surface area contributed by atoms with Crippen LogP contribution in [-0.4, -0.2) is 26.0 Å². The lowest BCUT2D eigenvalue weighted by Crippen LogP contribution is -2.26. The van der Waals surface area contributed by atoms with Crippen LogP contribution >= 0.6 is 0 Å². The summed E-state index contributed by atoms with van der Waals surface area (Å²) in [6.07, 6.45) is 1.65. The molecular formula is C20H19N5O3. The fourth-order valence-electron chi connectivity index (χ4n) is 2.84. The molecule has 0 aliphatic rings. The Hall–Kier alpha value is -3.68. The Kier molecular flexibility index (Phi) is 4.76. The first kappa shape index (κ1) is 17.7. The molecule has 8 heteroatoms. The summed E-state index contributed by atoms with van der Waals surface area (Å²) in [6.45, 7) is 3.87. The number of ether oxygens (including phenoxy) is 1.